The lowest BCUT2D eigenvalue weighted by Crippen LogP contribution is -2.25. The molecule has 0 unspecified atom stereocenters. The van der Waals surface area contributed by atoms with Gasteiger partial charge in [-0.1, -0.05) is 12.8 Å². The van der Waals surface area contributed by atoms with Crippen molar-refractivity contribution in [3.8, 4) is 0 Å². The molecular weight excluding hydrogens is 156 g/mol. The van der Waals surface area contributed by atoms with Gasteiger partial charge in [0.15, 0.2) is 0 Å². The molecule has 2 fully saturated rings. The van der Waals surface area contributed by atoms with E-state index in [0.717, 1.165) is 12.3 Å². The third-order valence-electron chi connectivity index (χ3n) is 2.50. The molecule has 1 aliphatic carbocycles. The zero-order chi connectivity index (χ0) is 8.55. The highest BCUT2D eigenvalue weighted by molar-refractivity contribution is 5.88. The van der Waals surface area contributed by atoms with Crippen LogP contribution in [0.5, 0.6) is 0 Å². The summed E-state index contributed by atoms with van der Waals surface area (Å²) >= 11 is 0. The van der Waals surface area contributed by atoms with E-state index in [1.165, 1.54) is 12.8 Å². The Balaban J connectivity index is 1.87. The Morgan fingerprint density at radius 2 is 1.67 bits per heavy atom. The minimum Gasteiger partial charge on any atom is -0.393 e. The molecule has 3 nitrogen and oxygen atoms in total. The average molecular weight is 168 g/mol. The molecule has 1 heterocycles. The predicted molar refractivity (Wildman–Crippen MR) is 41.2 cm³/mol. The Hall–Kier alpha value is -0.860. The van der Waals surface area contributed by atoms with Crippen molar-refractivity contribution < 1.29 is 14.3 Å². The monoisotopic (exact) mass is 168 g/mol. The maximum Gasteiger partial charge on any atom is 0.313 e. The van der Waals surface area contributed by atoms with Crippen molar-refractivity contribution in [3.05, 3.63) is 0 Å². The lowest BCUT2D eigenvalue weighted by Gasteiger charge is -2.18. The van der Waals surface area contributed by atoms with E-state index >= 15 is 0 Å². The van der Waals surface area contributed by atoms with Gasteiger partial charge in [0.05, 0.1) is 0 Å². The van der Waals surface area contributed by atoms with E-state index in [9.17, 15) is 9.59 Å². The fourth-order valence-electron chi connectivity index (χ4n) is 1.75. The highest BCUT2D eigenvalue weighted by Crippen LogP contribution is 2.38. The van der Waals surface area contributed by atoms with Crippen LogP contribution in [0, 0.1) is 11.8 Å². The van der Waals surface area contributed by atoms with Gasteiger partial charge in [-0.3, -0.25) is 9.59 Å². The van der Waals surface area contributed by atoms with Crippen LogP contribution in [0.4, 0.5) is 0 Å². The Bertz CT molecular complexity index is 202. The quantitative estimate of drug-likeness (QED) is 0.460. The van der Waals surface area contributed by atoms with Crippen LogP contribution in [-0.4, -0.2) is 11.9 Å². The number of hydrogen-bond donors (Lipinski definition) is 0. The Kier molecular flexibility index (Phi) is 1.87. The van der Waals surface area contributed by atoms with Crippen molar-refractivity contribution in [2.45, 2.75) is 32.1 Å². The Morgan fingerprint density at radius 1 is 1.08 bits per heavy atom. The van der Waals surface area contributed by atoms with E-state index in [4.69, 9.17) is 0 Å². The third kappa shape index (κ3) is 1.84. The number of carbonyl (C=O) groups excluding carboxylic acids is 2. The van der Waals surface area contributed by atoms with Crippen molar-refractivity contribution >= 4 is 11.9 Å². The molecule has 0 spiro atoms. The van der Waals surface area contributed by atoms with Crippen LogP contribution < -0.4 is 0 Å². The third-order valence-corrected chi connectivity index (χ3v) is 2.50. The number of ether oxygens (including phenoxy) is 1. The smallest absolute Gasteiger partial charge is 0.313 e. The van der Waals surface area contributed by atoms with Crippen molar-refractivity contribution in [3.63, 3.8) is 0 Å². The van der Waals surface area contributed by atoms with Crippen LogP contribution in [0.3, 0.4) is 0 Å². The van der Waals surface area contributed by atoms with E-state index in [0.29, 0.717) is 12.8 Å². The summed E-state index contributed by atoms with van der Waals surface area (Å²) < 4.78 is 4.44. The van der Waals surface area contributed by atoms with E-state index in [-0.39, 0.29) is 17.9 Å². The van der Waals surface area contributed by atoms with Gasteiger partial charge >= 0.3 is 11.9 Å². The first kappa shape index (κ1) is 7.77. The van der Waals surface area contributed by atoms with Crippen molar-refractivity contribution in [2.75, 3.05) is 0 Å². The fourth-order valence-corrected chi connectivity index (χ4v) is 1.75. The second kappa shape index (κ2) is 2.88. The second-order valence-corrected chi connectivity index (χ2v) is 3.80. The van der Waals surface area contributed by atoms with Gasteiger partial charge in [-0.05, 0) is 18.3 Å². The summed E-state index contributed by atoms with van der Waals surface area (Å²) in [6.45, 7) is 0. The molecular formula is C9H12O3. The number of hydrogen-bond acceptors (Lipinski definition) is 3. The molecule has 0 aromatic carbocycles. The standard InChI is InChI=1S/C9H12O3/c10-8-4-7(3-6-1-2-6)5-9(11)12-8/h6-7H,1-5H2. The van der Waals surface area contributed by atoms with Gasteiger partial charge in [0.2, 0.25) is 0 Å². The van der Waals surface area contributed by atoms with Gasteiger partial charge < -0.3 is 4.74 Å². The zero-order valence-electron chi connectivity index (χ0n) is 6.91. The number of esters is 2. The van der Waals surface area contributed by atoms with E-state index in [1.54, 1.807) is 0 Å². The summed E-state index contributed by atoms with van der Waals surface area (Å²) in [7, 11) is 0. The highest BCUT2D eigenvalue weighted by atomic mass is 16.6. The lowest BCUT2D eigenvalue weighted by atomic mass is 9.93. The molecule has 0 N–H and O–H groups in total. The van der Waals surface area contributed by atoms with E-state index in [2.05, 4.69) is 4.74 Å². The summed E-state index contributed by atoms with van der Waals surface area (Å²) in [5, 5.41) is 0. The zero-order valence-corrected chi connectivity index (χ0v) is 6.91. The molecule has 12 heavy (non-hydrogen) atoms. The molecule has 0 atom stereocenters. The molecule has 1 saturated carbocycles. The van der Waals surface area contributed by atoms with Gasteiger partial charge in [-0.2, -0.15) is 0 Å². The normalized spacial score (nSPS) is 25.7. The Morgan fingerprint density at radius 3 is 2.17 bits per heavy atom. The molecule has 1 saturated heterocycles. The fraction of sp³-hybridized carbons (Fsp3) is 0.778. The molecule has 0 aromatic heterocycles. The summed E-state index contributed by atoms with van der Waals surface area (Å²) in [5.74, 6) is 0.383. The predicted octanol–water partition coefficient (Wildman–Crippen LogP) is 1.27. The van der Waals surface area contributed by atoms with Crippen LogP contribution >= 0.6 is 0 Å². The molecule has 2 rings (SSSR count). The first-order valence-corrected chi connectivity index (χ1v) is 4.47. The van der Waals surface area contributed by atoms with Gasteiger partial charge in [-0.15, -0.1) is 0 Å². The van der Waals surface area contributed by atoms with Crippen molar-refractivity contribution in [1.29, 1.82) is 0 Å². The van der Waals surface area contributed by atoms with Crippen LogP contribution in [-0.2, 0) is 14.3 Å². The largest absolute Gasteiger partial charge is 0.393 e. The highest BCUT2D eigenvalue weighted by Gasteiger charge is 2.32. The molecule has 0 aromatic rings. The SMILES string of the molecule is O=C1CC(CC2CC2)CC(=O)O1. The maximum atomic E-state index is 10.8. The summed E-state index contributed by atoms with van der Waals surface area (Å²) in [6, 6.07) is 0. The van der Waals surface area contributed by atoms with Crippen LogP contribution in [0.25, 0.3) is 0 Å². The topological polar surface area (TPSA) is 43.4 Å². The second-order valence-electron chi connectivity index (χ2n) is 3.80. The van der Waals surface area contributed by atoms with Gasteiger partial charge in [-0.25, -0.2) is 0 Å². The van der Waals surface area contributed by atoms with Crippen molar-refractivity contribution in [1.82, 2.24) is 0 Å². The molecule has 1 aliphatic heterocycles. The minimum atomic E-state index is -0.336. The van der Waals surface area contributed by atoms with Gasteiger partial charge in [0.25, 0.3) is 0 Å². The van der Waals surface area contributed by atoms with Gasteiger partial charge in [0.1, 0.15) is 0 Å². The first-order valence-electron chi connectivity index (χ1n) is 4.47. The van der Waals surface area contributed by atoms with Gasteiger partial charge in [0, 0.05) is 12.8 Å². The number of cyclic esters (lactones) is 2. The molecule has 0 radical (unpaired) electrons. The van der Waals surface area contributed by atoms with Crippen molar-refractivity contribution in [2.24, 2.45) is 11.8 Å². The maximum absolute atomic E-state index is 10.8. The first-order chi connectivity index (χ1) is 5.74. The Labute approximate surface area is 71.1 Å². The van der Waals surface area contributed by atoms with Crippen LogP contribution in [0.2, 0.25) is 0 Å². The molecule has 66 valence electrons. The lowest BCUT2D eigenvalue weighted by molar-refractivity contribution is -0.165. The molecule has 3 heteroatoms. The summed E-state index contributed by atoms with van der Waals surface area (Å²) in [5.41, 5.74) is 0. The molecule has 2 aliphatic rings. The van der Waals surface area contributed by atoms with E-state index in [1.807, 2.05) is 0 Å². The number of rotatable bonds is 2. The van der Waals surface area contributed by atoms with E-state index < -0.39 is 0 Å². The minimum absolute atomic E-state index is 0.270. The molecule has 0 bridgehead atoms. The number of carbonyl (C=O) groups is 2. The summed E-state index contributed by atoms with van der Waals surface area (Å²) in [4.78, 5) is 21.7. The van der Waals surface area contributed by atoms with Crippen LogP contribution in [0.1, 0.15) is 32.1 Å². The average Bonchev–Trinajstić information content (AvgIpc) is 2.68. The van der Waals surface area contributed by atoms with Crippen LogP contribution in [0.15, 0.2) is 0 Å². The summed E-state index contributed by atoms with van der Waals surface area (Å²) in [6.07, 6.45) is 4.49. The molecule has 0 amide bonds.